The second-order valence-electron chi connectivity index (χ2n) is 6.10. The molecular weight excluding hydrogens is 238 g/mol. The van der Waals surface area contributed by atoms with Gasteiger partial charge >= 0.3 is 5.97 Å². The second kappa shape index (κ2) is 4.64. The van der Waals surface area contributed by atoms with Crippen molar-refractivity contribution in [1.82, 2.24) is 4.90 Å². The van der Waals surface area contributed by atoms with Crippen LogP contribution in [0.15, 0.2) is 18.2 Å². The van der Waals surface area contributed by atoms with Crippen LogP contribution in [-0.4, -0.2) is 29.1 Å². The molecule has 0 spiro atoms. The van der Waals surface area contributed by atoms with Crippen LogP contribution in [0.2, 0.25) is 0 Å². The predicted molar refractivity (Wildman–Crippen MR) is 74.1 cm³/mol. The SMILES string of the molecule is Cc1ccc2c(c1)C(N1CC(C(C)C(=O)O)C1)CC2. The Morgan fingerprint density at radius 3 is 2.84 bits per heavy atom. The molecule has 1 fully saturated rings. The lowest BCUT2D eigenvalue weighted by molar-refractivity contribution is -0.146. The first-order valence-corrected chi connectivity index (χ1v) is 7.12. The standard InChI is InChI=1S/C16H21NO2/c1-10-3-4-12-5-6-15(14(12)7-10)17-8-13(9-17)11(2)16(18)19/h3-4,7,11,13,15H,5-6,8-9H2,1-2H3,(H,18,19). The van der Waals surface area contributed by atoms with Crippen molar-refractivity contribution in [2.45, 2.75) is 32.7 Å². The molecule has 3 heteroatoms. The van der Waals surface area contributed by atoms with E-state index in [9.17, 15) is 4.79 Å². The van der Waals surface area contributed by atoms with E-state index in [1.807, 2.05) is 6.92 Å². The van der Waals surface area contributed by atoms with Crippen molar-refractivity contribution in [3.8, 4) is 0 Å². The summed E-state index contributed by atoms with van der Waals surface area (Å²) in [6, 6.07) is 7.27. The number of hydrogen-bond donors (Lipinski definition) is 1. The molecule has 2 atom stereocenters. The molecule has 0 aromatic heterocycles. The molecule has 0 saturated carbocycles. The van der Waals surface area contributed by atoms with Crippen LogP contribution in [0.25, 0.3) is 0 Å². The zero-order chi connectivity index (χ0) is 13.6. The minimum atomic E-state index is -0.660. The summed E-state index contributed by atoms with van der Waals surface area (Å²) in [7, 11) is 0. The highest BCUT2D eigenvalue weighted by atomic mass is 16.4. The largest absolute Gasteiger partial charge is 0.481 e. The van der Waals surface area contributed by atoms with Crippen LogP contribution in [0.4, 0.5) is 0 Å². The maximum Gasteiger partial charge on any atom is 0.306 e. The van der Waals surface area contributed by atoms with Crippen LogP contribution < -0.4 is 0 Å². The lowest BCUT2D eigenvalue weighted by atomic mass is 9.85. The van der Waals surface area contributed by atoms with E-state index in [2.05, 4.69) is 30.0 Å². The van der Waals surface area contributed by atoms with Gasteiger partial charge < -0.3 is 5.11 Å². The Labute approximate surface area is 114 Å². The summed E-state index contributed by atoms with van der Waals surface area (Å²) >= 11 is 0. The third-order valence-corrected chi connectivity index (χ3v) is 4.82. The van der Waals surface area contributed by atoms with Gasteiger partial charge in [0.25, 0.3) is 0 Å². The highest BCUT2D eigenvalue weighted by molar-refractivity contribution is 5.70. The van der Waals surface area contributed by atoms with Crippen LogP contribution in [0, 0.1) is 18.8 Å². The molecule has 1 aromatic rings. The number of fused-ring (bicyclic) bond motifs is 1. The fourth-order valence-electron chi connectivity index (χ4n) is 3.40. The van der Waals surface area contributed by atoms with Gasteiger partial charge in [-0.25, -0.2) is 0 Å². The summed E-state index contributed by atoms with van der Waals surface area (Å²) in [6.07, 6.45) is 2.35. The highest BCUT2D eigenvalue weighted by Crippen LogP contribution is 2.41. The number of aryl methyl sites for hydroxylation is 2. The van der Waals surface area contributed by atoms with Crippen molar-refractivity contribution in [1.29, 1.82) is 0 Å². The first kappa shape index (κ1) is 12.7. The van der Waals surface area contributed by atoms with Crippen molar-refractivity contribution in [2.24, 2.45) is 11.8 Å². The molecule has 0 bridgehead atoms. The van der Waals surface area contributed by atoms with Crippen LogP contribution >= 0.6 is 0 Å². The number of hydrogen-bond acceptors (Lipinski definition) is 2. The topological polar surface area (TPSA) is 40.5 Å². The van der Waals surface area contributed by atoms with E-state index in [-0.39, 0.29) is 5.92 Å². The summed E-state index contributed by atoms with van der Waals surface area (Å²) in [5.41, 5.74) is 4.27. The summed E-state index contributed by atoms with van der Waals surface area (Å²) in [6.45, 7) is 5.84. The van der Waals surface area contributed by atoms with Gasteiger partial charge in [-0.15, -0.1) is 0 Å². The first-order valence-electron chi connectivity index (χ1n) is 7.12. The maximum absolute atomic E-state index is 11.0. The van der Waals surface area contributed by atoms with Gasteiger partial charge in [0.05, 0.1) is 5.92 Å². The van der Waals surface area contributed by atoms with Gasteiger partial charge in [-0.05, 0) is 36.8 Å². The van der Waals surface area contributed by atoms with Crippen molar-refractivity contribution >= 4 is 5.97 Å². The van der Waals surface area contributed by atoms with E-state index in [0.29, 0.717) is 12.0 Å². The monoisotopic (exact) mass is 259 g/mol. The Bertz CT molecular complexity index is 505. The number of likely N-dealkylation sites (tertiary alicyclic amines) is 1. The minimum absolute atomic E-state index is 0.213. The Morgan fingerprint density at radius 2 is 2.16 bits per heavy atom. The smallest absolute Gasteiger partial charge is 0.306 e. The Morgan fingerprint density at radius 1 is 1.42 bits per heavy atom. The third kappa shape index (κ3) is 2.16. The molecule has 2 unspecified atom stereocenters. The number of rotatable bonds is 3. The van der Waals surface area contributed by atoms with Gasteiger partial charge in [0.2, 0.25) is 0 Å². The number of benzene rings is 1. The van der Waals surface area contributed by atoms with Crippen molar-refractivity contribution in [2.75, 3.05) is 13.1 Å². The van der Waals surface area contributed by atoms with Gasteiger partial charge in [-0.3, -0.25) is 9.69 Å². The molecule has 3 rings (SSSR count). The molecular formula is C16H21NO2. The van der Waals surface area contributed by atoms with E-state index in [0.717, 1.165) is 19.5 Å². The zero-order valence-electron chi connectivity index (χ0n) is 11.6. The predicted octanol–water partition coefficient (Wildman–Crippen LogP) is 2.63. The summed E-state index contributed by atoms with van der Waals surface area (Å²) < 4.78 is 0. The summed E-state index contributed by atoms with van der Waals surface area (Å²) in [4.78, 5) is 13.4. The van der Waals surface area contributed by atoms with Crippen LogP contribution in [-0.2, 0) is 11.2 Å². The number of nitrogens with zero attached hydrogens (tertiary/aromatic N) is 1. The molecule has 1 aliphatic carbocycles. The average molecular weight is 259 g/mol. The molecule has 19 heavy (non-hydrogen) atoms. The fourth-order valence-corrected chi connectivity index (χ4v) is 3.40. The number of aliphatic carboxylic acids is 1. The van der Waals surface area contributed by atoms with Gasteiger partial charge in [0, 0.05) is 19.1 Å². The number of carboxylic acid groups (broad SMARTS) is 1. The Hall–Kier alpha value is -1.35. The fraction of sp³-hybridized carbons (Fsp3) is 0.562. The van der Waals surface area contributed by atoms with E-state index < -0.39 is 5.97 Å². The molecule has 1 aromatic carbocycles. The molecule has 2 aliphatic rings. The summed E-state index contributed by atoms with van der Waals surface area (Å²) in [5, 5.41) is 9.04. The van der Waals surface area contributed by atoms with Gasteiger partial charge in [0.15, 0.2) is 0 Å². The van der Waals surface area contributed by atoms with Gasteiger partial charge in [-0.2, -0.15) is 0 Å². The van der Waals surface area contributed by atoms with E-state index in [1.54, 1.807) is 0 Å². The average Bonchev–Trinajstić information content (AvgIpc) is 2.70. The van der Waals surface area contributed by atoms with Crippen LogP contribution in [0.5, 0.6) is 0 Å². The lowest BCUT2D eigenvalue weighted by Gasteiger charge is -2.45. The number of carbonyl (C=O) groups is 1. The second-order valence-corrected chi connectivity index (χ2v) is 6.10. The van der Waals surface area contributed by atoms with Crippen LogP contribution in [0.1, 0.15) is 36.1 Å². The van der Waals surface area contributed by atoms with E-state index in [4.69, 9.17) is 5.11 Å². The molecule has 1 aliphatic heterocycles. The Balaban J connectivity index is 1.68. The summed E-state index contributed by atoms with van der Waals surface area (Å²) in [5.74, 6) is -0.548. The lowest BCUT2D eigenvalue weighted by Crippen LogP contribution is -2.51. The molecule has 3 nitrogen and oxygen atoms in total. The normalized spacial score (nSPS) is 24.8. The molecule has 1 saturated heterocycles. The Kier molecular flexibility index (Phi) is 3.09. The quantitative estimate of drug-likeness (QED) is 0.907. The highest BCUT2D eigenvalue weighted by Gasteiger charge is 2.40. The van der Waals surface area contributed by atoms with E-state index in [1.165, 1.54) is 23.1 Å². The van der Waals surface area contributed by atoms with Gasteiger partial charge in [0.1, 0.15) is 0 Å². The molecule has 0 amide bonds. The van der Waals surface area contributed by atoms with Crippen molar-refractivity contribution < 1.29 is 9.90 Å². The van der Waals surface area contributed by atoms with Gasteiger partial charge in [-0.1, -0.05) is 30.7 Å². The zero-order valence-corrected chi connectivity index (χ0v) is 11.6. The molecule has 1 heterocycles. The van der Waals surface area contributed by atoms with Crippen molar-refractivity contribution in [3.63, 3.8) is 0 Å². The first-order chi connectivity index (χ1) is 9.06. The molecule has 0 radical (unpaired) electrons. The third-order valence-electron chi connectivity index (χ3n) is 4.82. The van der Waals surface area contributed by atoms with Crippen molar-refractivity contribution in [3.05, 3.63) is 34.9 Å². The molecule has 102 valence electrons. The minimum Gasteiger partial charge on any atom is -0.481 e. The van der Waals surface area contributed by atoms with Crippen LogP contribution in [0.3, 0.4) is 0 Å². The van der Waals surface area contributed by atoms with E-state index >= 15 is 0 Å². The maximum atomic E-state index is 11.0. The number of carboxylic acids is 1. The molecule has 1 N–H and O–H groups in total.